The SMILES string of the molecule is C.C.CCOC(=O)/C(=N/O)c1ccc(C2CCN(C)CC2)cc1.CCOC(=O)C(=O)Cl.CCOC(=O)C(=O)c1ccc(C2CCN(C)CC2)cc1.CCOC(=O)C(C)c1ccc(C2CCN(C)CC2)cc1.CCOC(=O)C(N)c1ccc(C2CCN(C)CC2)cc1.CN1CCC(c2ccccc2)CC1.Cl.NO.[CH3-].[Pd]. The molecule has 0 aliphatic carbocycles. The first-order chi connectivity index (χ1) is 50.0. The van der Waals surface area contributed by atoms with Crippen molar-refractivity contribution in [1.82, 2.24) is 24.5 Å². The van der Waals surface area contributed by atoms with Crippen LogP contribution in [-0.4, -0.2) is 215 Å². The van der Waals surface area contributed by atoms with E-state index in [1.807, 2.05) is 62.4 Å². The van der Waals surface area contributed by atoms with Crippen LogP contribution < -0.4 is 11.6 Å². The van der Waals surface area contributed by atoms with E-state index in [9.17, 15) is 33.6 Å². The van der Waals surface area contributed by atoms with Gasteiger partial charge in [-0.1, -0.05) is 147 Å². The van der Waals surface area contributed by atoms with Crippen molar-refractivity contribution >= 4 is 70.6 Å². The summed E-state index contributed by atoms with van der Waals surface area (Å²) in [5.41, 5.74) is 15.5. The van der Waals surface area contributed by atoms with Crippen molar-refractivity contribution in [1.29, 1.82) is 0 Å². The van der Waals surface area contributed by atoms with Gasteiger partial charge in [0.1, 0.15) is 6.04 Å². The van der Waals surface area contributed by atoms with Crippen LogP contribution in [0.2, 0.25) is 0 Å². The molecule has 2 unspecified atom stereocenters. The average Bonchev–Trinajstić information content (AvgIpc) is 0.861. The summed E-state index contributed by atoms with van der Waals surface area (Å²) in [6, 6.07) is 41.9. The Hall–Kier alpha value is -6.82. The number of hydrogen-bond donors (Lipinski definition) is 4. The number of likely N-dealkylation sites (tertiary alicyclic amines) is 5. The molecule has 0 spiro atoms. The number of nitrogens with zero attached hydrogens (tertiary/aromatic N) is 6. The van der Waals surface area contributed by atoms with Gasteiger partial charge in [-0.05, 0) is 287 Å². The number of Topliss-reactive ketones (excluding diaryl/α,β-unsaturated/α-hetero) is 1. The van der Waals surface area contributed by atoms with Gasteiger partial charge >= 0.3 is 35.1 Å². The Labute approximate surface area is 676 Å². The molecule has 0 amide bonds. The molecule has 5 saturated heterocycles. The van der Waals surface area contributed by atoms with Crippen LogP contribution in [0.4, 0.5) is 0 Å². The van der Waals surface area contributed by atoms with Gasteiger partial charge in [0.25, 0.3) is 5.78 Å². The third-order valence-electron chi connectivity index (χ3n) is 19.5. The van der Waals surface area contributed by atoms with Crippen LogP contribution in [0.3, 0.4) is 0 Å². The predicted molar refractivity (Wildman–Crippen MR) is 435 cm³/mol. The third-order valence-corrected chi connectivity index (χ3v) is 19.6. The number of ketones is 1. The van der Waals surface area contributed by atoms with Crippen molar-refractivity contribution < 1.29 is 88.1 Å². The van der Waals surface area contributed by atoms with Crippen molar-refractivity contribution in [3.63, 3.8) is 0 Å². The standard InChI is InChI=1S/C17H25NO2.C16H22N2O3.C16H24N2O2.C16H21NO3.C12H17N.C4H5ClO3.2CH4.CH3.ClH.H3NO.Pd/c1-4-20-17(19)13(2)14-5-7-15(8-6-14)16-9-11-18(3)12-10-16;1-3-21-16(19)15(17-20)14-6-4-12(5-7-14)13-8-10-18(2)11-9-13;1-3-20-16(19)15(17)14-6-4-12(5-7-14)13-8-10-18(2)11-9-13;1-3-20-16(19)15(18)14-6-4-12(5-7-14)13-8-10-17(2)11-9-13;1-13-9-7-12(8-10-13)11-5-3-2-4-6-11;1-2-8-4(7)3(5)6;;;;;1-2;/h5-8,13,16H,4,9-12H2,1-3H3;4-7,13,20H,3,8-11H2,1-2H3;4-7,13,15H,3,8-11,17H2,1-2H3;4-7,13H,3,8-11H2,1-2H3;2-6,12H,7-10H2,1H3;2H2,1H3;2*1H4;1H3;1H;2H,1H2;/q;;;;;;;;-1;;;/b;17-15+;;;;;;;;;;. The first kappa shape index (κ1) is 104. The van der Waals surface area contributed by atoms with Crippen LogP contribution in [0.5, 0.6) is 0 Å². The van der Waals surface area contributed by atoms with Crippen LogP contribution in [0.15, 0.2) is 133 Å². The zero-order valence-corrected chi connectivity index (χ0v) is 68.2. The number of hydrogen-bond acceptors (Lipinski definition) is 22. The Morgan fingerprint density at radius 2 is 0.688 bits per heavy atom. The molecule has 0 bridgehead atoms. The molecule has 5 aromatic rings. The molecule has 5 heterocycles. The van der Waals surface area contributed by atoms with E-state index in [1.54, 1.807) is 39.8 Å². The molecule has 25 heteroatoms. The molecule has 6 N–H and O–H groups in total. The molecular weight excluding hydrogens is 1520 g/mol. The Morgan fingerprint density at radius 3 is 0.982 bits per heavy atom. The second-order valence-corrected chi connectivity index (χ2v) is 27.1. The zero-order chi connectivity index (χ0) is 76.5. The number of oxime groups is 1. The molecule has 0 saturated carbocycles. The molecule has 0 aromatic heterocycles. The number of piperidine rings is 5. The molecule has 5 aliphatic rings. The summed E-state index contributed by atoms with van der Waals surface area (Å²) in [7, 11) is 10.8. The minimum absolute atomic E-state index is 0. The second kappa shape index (κ2) is 58.1. The summed E-state index contributed by atoms with van der Waals surface area (Å²) in [6.45, 7) is 23.6. The van der Waals surface area contributed by atoms with E-state index in [0.717, 1.165) is 82.0 Å². The molecule has 2 atom stereocenters. The van der Waals surface area contributed by atoms with Crippen LogP contribution in [0, 0.1) is 7.43 Å². The van der Waals surface area contributed by atoms with E-state index in [-0.39, 0.29) is 98.5 Å². The summed E-state index contributed by atoms with van der Waals surface area (Å²) in [5.74, 6) is 3.09. The van der Waals surface area contributed by atoms with Crippen molar-refractivity contribution in [2.75, 3.05) is 134 Å². The quantitative estimate of drug-likeness (QED) is 0.00571. The number of ether oxygens (including phenoxy) is 5. The largest absolute Gasteiger partial charge is 0.466 e. The fourth-order valence-corrected chi connectivity index (χ4v) is 13.0. The fourth-order valence-electron chi connectivity index (χ4n) is 13.0. The van der Waals surface area contributed by atoms with Crippen molar-refractivity contribution in [2.24, 2.45) is 16.8 Å². The first-order valence-electron chi connectivity index (χ1n) is 36.7. The van der Waals surface area contributed by atoms with Crippen molar-refractivity contribution in [3.05, 3.63) is 185 Å². The van der Waals surface area contributed by atoms with Gasteiger partial charge in [-0.15, -0.1) is 12.4 Å². The van der Waals surface area contributed by atoms with Gasteiger partial charge in [0.15, 0.2) is 5.71 Å². The third kappa shape index (κ3) is 36.9. The fraction of sp³-hybridized carbons (Fsp3) is 0.536. The summed E-state index contributed by atoms with van der Waals surface area (Å²) >= 11 is 4.69. The van der Waals surface area contributed by atoms with Gasteiger partial charge in [0.2, 0.25) is 0 Å². The van der Waals surface area contributed by atoms with Crippen LogP contribution in [0.1, 0.15) is 217 Å². The molecular formula is C84H129Cl2N8O14Pd-. The minimum Gasteiger partial charge on any atom is -0.466 e. The monoisotopic (exact) mass is 1650 g/mol. The van der Waals surface area contributed by atoms with E-state index < -0.39 is 35.0 Å². The van der Waals surface area contributed by atoms with E-state index in [2.05, 4.69) is 142 Å². The average molecular weight is 1650 g/mol. The van der Waals surface area contributed by atoms with E-state index >= 15 is 0 Å². The predicted octanol–water partition coefficient (Wildman–Crippen LogP) is 14.0. The van der Waals surface area contributed by atoms with Gasteiger partial charge in [-0.3, -0.25) is 14.4 Å². The van der Waals surface area contributed by atoms with E-state index in [1.165, 1.54) is 92.5 Å². The number of rotatable bonds is 19. The molecule has 22 nitrogen and oxygen atoms in total. The number of esters is 5. The zero-order valence-electron chi connectivity index (χ0n) is 65.1. The molecule has 5 aromatic carbocycles. The smallest absolute Gasteiger partial charge is 0.391 e. The van der Waals surface area contributed by atoms with Gasteiger partial charge in [0.05, 0.1) is 39.0 Å². The summed E-state index contributed by atoms with van der Waals surface area (Å²) in [4.78, 5) is 89.9. The number of carbonyl (C=O) groups excluding carboxylic acids is 7. The van der Waals surface area contributed by atoms with Gasteiger partial charge in [-0.25, -0.2) is 25.1 Å². The number of halogens is 2. The van der Waals surface area contributed by atoms with Crippen LogP contribution >= 0.6 is 24.0 Å². The molecule has 0 radical (unpaired) electrons. The Bertz CT molecular complexity index is 3260. The maximum atomic E-state index is 11.8. The van der Waals surface area contributed by atoms with Crippen LogP contribution in [-0.2, 0) is 72.9 Å². The van der Waals surface area contributed by atoms with Crippen molar-refractivity contribution in [3.8, 4) is 0 Å². The maximum absolute atomic E-state index is 11.8. The molecule has 614 valence electrons. The van der Waals surface area contributed by atoms with Crippen LogP contribution in [0.25, 0.3) is 0 Å². The van der Waals surface area contributed by atoms with Gasteiger partial charge in [-0.2, -0.15) is 0 Å². The van der Waals surface area contributed by atoms with Gasteiger partial charge in [0, 0.05) is 31.5 Å². The summed E-state index contributed by atoms with van der Waals surface area (Å²) < 4.78 is 23.8. The van der Waals surface area contributed by atoms with Gasteiger partial charge < -0.3 is 71.8 Å². The molecule has 5 fully saturated rings. The summed E-state index contributed by atoms with van der Waals surface area (Å²) in [6.07, 6.45) is 12.1. The second-order valence-electron chi connectivity index (χ2n) is 26.8. The molecule has 10 rings (SSSR count). The Morgan fingerprint density at radius 1 is 0.422 bits per heavy atom. The molecule has 5 aliphatic heterocycles. The summed E-state index contributed by atoms with van der Waals surface area (Å²) in [5, 5.41) is 17.5. The molecule has 109 heavy (non-hydrogen) atoms. The van der Waals surface area contributed by atoms with Crippen molar-refractivity contribution in [2.45, 2.75) is 162 Å². The maximum Gasteiger partial charge on any atom is 0.391 e. The number of benzene rings is 5. The first-order valence-corrected chi connectivity index (χ1v) is 37.1. The minimum atomic E-state index is -1.08. The van der Waals surface area contributed by atoms with E-state index in [0.29, 0.717) is 48.0 Å². The Balaban J connectivity index is 0. The topological polar surface area (TPSA) is 287 Å². The normalized spacial score (nSPS) is 16.5. The Kier molecular flexibility index (Phi) is 55.6. The number of nitrogens with two attached hydrogens (primary N) is 2. The number of carbonyl (C=O) groups is 7. The van der Waals surface area contributed by atoms with E-state index in [4.69, 9.17) is 46.7 Å².